The lowest BCUT2D eigenvalue weighted by Crippen LogP contribution is -2.42. The SMILES string of the molecule is CN(C)CC1CCN(C(=O)CC(N)C2CC2)CC1. The molecule has 0 aromatic carbocycles. The molecule has 0 bridgehead atoms. The molecule has 4 nitrogen and oxygen atoms in total. The Bertz CT molecular complexity index is 281. The second-order valence-corrected chi connectivity index (χ2v) is 6.29. The van der Waals surface area contributed by atoms with E-state index < -0.39 is 0 Å². The van der Waals surface area contributed by atoms with Gasteiger partial charge in [-0.2, -0.15) is 0 Å². The van der Waals surface area contributed by atoms with Gasteiger partial charge in [0.05, 0.1) is 0 Å². The van der Waals surface area contributed by atoms with E-state index in [4.69, 9.17) is 5.73 Å². The summed E-state index contributed by atoms with van der Waals surface area (Å²) in [6, 6.07) is 0.108. The van der Waals surface area contributed by atoms with Crippen LogP contribution in [0.3, 0.4) is 0 Å². The number of carbonyl (C=O) groups is 1. The van der Waals surface area contributed by atoms with E-state index in [1.807, 2.05) is 4.90 Å². The van der Waals surface area contributed by atoms with E-state index in [1.165, 1.54) is 12.8 Å². The van der Waals surface area contributed by atoms with Crippen molar-refractivity contribution in [3.63, 3.8) is 0 Å². The Balaban J connectivity index is 1.69. The highest BCUT2D eigenvalue weighted by atomic mass is 16.2. The molecule has 1 unspecified atom stereocenters. The molecule has 2 aliphatic rings. The van der Waals surface area contributed by atoms with Crippen molar-refractivity contribution in [2.24, 2.45) is 17.6 Å². The lowest BCUT2D eigenvalue weighted by molar-refractivity contribution is -0.133. The zero-order chi connectivity index (χ0) is 13.1. The minimum absolute atomic E-state index is 0.108. The molecule has 0 aromatic rings. The van der Waals surface area contributed by atoms with Gasteiger partial charge in [-0.1, -0.05) is 0 Å². The number of nitrogens with zero attached hydrogens (tertiary/aromatic N) is 2. The van der Waals surface area contributed by atoms with E-state index in [0.717, 1.165) is 38.4 Å². The summed E-state index contributed by atoms with van der Waals surface area (Å²) in [6.07, 6.45) is 5.28. The third kappa shape index (κ3) is 3.95. The normalized spacial score (nSPS) is 23.4. The van der Waals surface area contributed by atoms with Gasteiger partial charge in [0.1, 0.15) is 0 Å². The van der Waals surface area contributed by atoms with Crippen molar-refractivity contribution in [3.05, 3.63) is 0 Å². The second kappa shape index (κ2) is 6.02. The molecule has 0 radical (unpaired) electrons. The third-order valence-electron chi connectivity index (χ3n) is 4.23. The van der Waals surface area contributed by atoms with Gasteiger partial charge in [0.2, 0.25) is 5.91 Å². The first-order valence-corrected chi connectivity index (χ1v) is 7.24. The highest BCUT2D eigenvalue weighted by Crippen LogP contribution is 2.33. The van der Waals surface area contributed by atoms with Crippen molar-refractivity contribution in [1.82, 2.24) is 9.80 Å². The maximum Gasteiger partial charge on any atom is 0.224 e. The Hall–Kier alpha value is -0.610. The fourth-order valence-corrected chi connectivity index (χ4v) is 2.90. The minimum atomic E-state index is 0.108. The Morgan fingerprint density at radius 2 is 1.89 bits per heavy atom. The fourth-order valence-electron chi connectivity index (χ4n) is 2.90. The number of rotatable bonds is 5. The predicted octanol–water partition coefficient (Wildman–Crippen LogP) is 0.914. The monoisotopic (exact) mass is 253 g/mol. The lowest BCUT2D eigenvalue weighted by Gasteiger charge is -2.33. The Kier molecular flexibility index (Phi) is 4.62. The van der Waals surface area contributed by atoms with E-state index in [2.05, 4.69) is 19.0 Å². The zero-order valence-corrected chi connectivity index (χ0v) is 11.8. The van der Waals surface area contributed by atoms with Crippen molar-refractivity contribution < 1.29 is 4.79 Å². The van der Waals surface area contributed by atoms with Crippen molar-refractivity contribution >= 4 is 5.91 Å². The third-order valence-corrected chi connectivity index (χ3v) is 4.23. The predicted molar refractivity (Wildman–Crippen MR) is 73.2 cm³/mol. The molecule has 1 saturated heterocycles. The number of hydrogen-bond donors (Lipinski definition) is 1. The highest BCUT2D eigenvalue weighted by Gasteiger charge is 2.31. The fraction of sp³-hybridized carbons (Fsp3) is 0.929. The summed E-state index contributed by atoms with van der Waals surface area (Å²) < 4.78 is 0. The van der Waals surface area contributed by atoms with Crippen LogP contribution in [0.15, 0.2) is 0 Å². The quantitative estimate of drug-likeness (QED) is 0.792. The first-order valence-electron chi connectivity index (χ1n) is 7.24. The van der Waals surface area contributed by atoms with Gasteiger partial charge in [-0.05, 0) is 51.6 Å². The summed E-state index contributed by atoms with van der Waals surface area (Å²) in [4.78, 5) is 16.4. The molecule has 104 valence electrons. The summed E-state index contributed by atoms with van der Waals surface area (Å²) in [5, 5.41) is 0. The first kappa shape index (κ1) is 13.8. The summed E-state index contributed by atoms with van der Waals surface area (Å²) in [6.45, 7) is 2.99. The molecule has 4 heteroatoms. The molecule has 1 atom stereocenters. The molecule has 0 spiro atoms. The van der Waals surface area contributed by atoms with Crippen LogP contribution in [0.4, 0.5) is 0 Å². The summed E-state index contributed by atoms with van der Waals surface area (Å²) in [7, 11) is 4.23. The van der Waals surface area contributed by atoms with Crippen molar-refractivity contribution in [2.45, 2.75) is 38.1 Å². The number of nitrogens with two attached hydrogens (primary N) is 1. The average Bonchev–Trinajstić information content (AvgIpc) is 3.12. The number of amides is 1. The van der Waals surface area contributed by atoms with Gasteiger partial charge < -0.3 is 15.5 Å². The van der Waals surface area contributed by atoms with Crippen LogP contribution in [-0.4, -0.2) is 55.5 Å². The molecule has 1 aliphatic carbocycles. The molecule has 2 fully saturated rings. The van der Waals surface area contributed by atoms with Crippen LogP contribution in [0.1, 0.15) is 32.1 Å². The standard InChI is InChI=1S/C14H27N3O/c1-16(2)10-11-5-7-17(8-6-11)14(18)9-13(15)12-3-4-12/h11-13H,3-10,15H2,1-2H3. The molecule has 1 heterocycles. The van der Waals surface area contributed by atoms with Gasteiger partial charge in [0.15, 0.2) is 0 Å². The van der Waals surface area contributed by atoms with Crippen LogP contribution in [-0.2, 0) is 4.79 Å². The van der Waals surface area contributed by atoms with Crippen molar-refractivity contribution in [1.29, 1.82) is 0 Å². The Morgan fingerprint density at radius 3 is 2.39 bits per heavy atom. The molecule has 2 N–H and O–H groups in total. The maximum atomic E-state index is 12.1. The Labute approximate surface area is 110 Å². The van der Waals surface area contributed by atoms with Gasteiger partial charge in [-0.25, -0.2) is 0 Å². The van der Waals surface area contributed by atoms with Gasteiger partial charge in [0.25, 0.3) is 0 Å². The smallest absolute Gasteiger partial charge is 0.224 e. The highest BCUT2D eigenvalue weighted by molar-refractivity contribution is 5.77. The van der Waals surface area contributed by atoms with Crippen LogP contribution in [0.25, 0.3) is 0 Å². The van der Waals surface area contributed by atoms with Crippen LogP contribution in [0, 0.1) is 11.8 Å². The molecule has 1 saturated carbocycles. The van der Waals surface area contributed by atoms with Gasteiger partial charge in [0, 0.05) is 32.1 Å². The van der Waals surface area contributed by atoms with Crippen molar-refractivity contribution in [3.8, 4) is 0 Å². The average molecular weight is 253 g/mol. The van der Waals surface area contributed by atoms with Crippen LogP contribution < -0.4 is 5.73 Å². The molecular weight excluding hydrogens is 226 g/mol. The summed E-state index contributed by atoms with van der Waals surface area (Å²) in [5.41, 5.74) is 6.03. The van der Waals surface area contributed by atoms with E-state index in [9.17, 15) is 4.79 Å². The van der Waals surface area contributed by atoms with E-state index in [0.29, 0.717) is 12.3 Å². The molecule has 2 rings (SSSR count). The topological polar surface area (TPSA) is 49.6 Å². The first-order chi connectivity index (χ1) is 8.56. The molecular formula is C14H27N3O. The van der Waals surface area contributed by atoms with Crippen molar-refractivity contribution in [2.75, 3.05) is 33.7 Å². The number of hydrogen-bond acceptors (Lipinski definition) is 3. The van der Waals surface area contributed by atoms with Crippen LogP contribution in [0.2, 0.25) is 0 Å². The molecule has 1 amide bonds. The zero-order valence-electron chi connectivity index (χ0n) is 11.8. The molecule has 18 heavy (non-hydrogen) atoms. The Morgan fingerprint density at radius 1 is 1.28 bits per heavy atom. The van der Waals surface area contributed by atoms with Crippen LogP contribution >= 0.6 is 0 Å². The van der Waals surface area contributed by atoms with Gasteiger partial charge >= 0.3 is 0 Å². The van der Waals surface area contributed by atoms with E-state index >= 15 is 0 Å². The second-order valence-electron chi connectivity index (χ2n) is 6.29. The summed E-state index contributed by atoms with van der Waals surface area (Å²) >= 11 is 0. The number of likely N-dealkylation sites (tertiary alicyclic amines) is 1. The largest absolute Gasteiger partial charge is 0.343 e. The number of piperidine rings is 1. The minimum Gasteiger partial charge on any atom is -0.343 e. The van der Waals surface area contributed by atoms with E-state index in [1.54, 1.807) is 0 Å². The number of carbonyl (C=O) groups excluding carboxylic acids is 1. The lowest BCUT2D eigenvalue weighted by atomic mass is 9.96. The summed E-state index contributed by atoms with van der Waals surface area (Å²) in [5.74, 6) is 1.65. The van der Waals surface area contributed by atoms with Gasteiger partial charge in [-0.15, -0.1) is 0 Å². The van der Waals surface area contributed by atoms with Crippen LogP contribution in [0.5, 0.6) is 0 Å². The molecule has 0 aromatic heterocycles. The van der Waals surface area contributed by atoms with Gasteiger partial charge in [-0.3, -0.25) is 4.79 Å². The van der Waals surface area contributed by atoms with E-state index in [-0.39, 0.29) is 11.9 Å². The molecule has 1 aliphatic heterocycles. The maximum absolute atomic E-state index is 12.1.